The number of aromatic amines is 1. The number of nitrogens with one attached hydrogen (secondary N) is 1. The van der Waals surface area contributed by atoms with Crippen LogP contribution in [0.25, 0.3) is 0 Å². The molecule has 1 aromatic heterocycles. The van der Waals surface area contributed by atoms with Crippen molar-refractivity contribution in [1.82, 2.24) is 10.2 Å². The highest BCUT2D eigenvalue weighted by atomic mass is 19.4. The van der Waals surface area contributed by atoms with E-state index in [-0.39, 0.29) is 5.82 Å². The highest BCUT2D eigenvalue weighted by Gasteiger charge is 2.37. The number of aromatic nitrogens is 2. The summed E-state index contributed by atoms with van der Waals surface area (Å²) in [5, 5.41) is 7.72. The van der Waals surface area contributed by atoms with E-state index in [4.69, 9.17) is 4.84 Å². The van der Waals surface area contributed by atoms with Crippen LogP contribution in [0.15, 0.2) is 60.7 Å². The Kier molecular flexibility index (Phi) is 4.54. The Morgan fingerprint density at radius 2 is 1.75 bits per heavy atom. The number of nitrogens with zero attached hydrogens (tertiary/aromatic N) is 2. The Morgan fingerprint density at radius 3 is 2.43 bits per heavy atom. The Bertz CT molecular complexity index is 982. The minimum atomic E-state index is -4.67. The Labute approximate surface area is 158 Å². The quantitative estimate of drug-likeness (QED) is 0.631. The third-order valence-electron chi connectivity index (χ3n) is 4.40. The lowest BCUT2D eigenvalue weighted by molar-refractivity contribution is -0.137. The number of hydroxylamine groups is 1. The summed E-state index contributed by atoms with van der Waals surface area (Å²) in [6.45, 7) is 0. The molecule has 0 aliphatic heterocycles. The van der Waals surface area contributed by atoms with Crippen molar-refractivity contribution >= 4 is 11.7 Å². The number of rotatable bonds is 5. The number of carbonyl (C=O) groups is 1. The van der Waals surface area contributed by atoms with Gasteiger partial charge in [-0.05, 0) is 37.1 Å². The second kappa shape index (κ2) is 7.03. The maximum Gasteiger partial charge on any atom is 0.417 e. The molecule has 1 N–H and O–H groups in total. The van der Waals surface area contributed by atoms with Crippen LogP contribution in [0.5, 0.6) is 5.75 Å². The zero-order chi connectivity index (χ0) is 19.7. The van der Waals surface area contributed by atoms with Gasteiger partial charge in [-0.15, -0.1) is 5.06 Å². The molecular weight excluding hydrogens is 371 g/mol. The third-order valence-corrected chi connectivity index (χ3v) is 4.40. The molecule has 1 aliphatic rings. The van der Waals surface area contributed by atoms with Crippen LogP contribution in [0.4, 0.5) is 19.0 Å². The maximum atomic E-state index is 13.4. The van der Waals surface area contributed by atoms with E-state index in [0.29, 0.717) is 11.7 Å². The molecule has 2 aromatic carbocycles. The van der Waals surface area contributed by atoms with E-state index in [9.17, 15) is 18.0 Å². The summed E-state index contributed by atoms with van der Waals surface area (Å²) in [5.41, 5.74) is -0.713. The molecule has 5 nitrogen and oxygen atoms in total. The van der Waals surface area contributed by atoms with Gasteiger partial charge in [0.2, 0.25) is 0 Å². The molecule has 1 heterocycles. The van der Waals surface area contributed by atoms with Gasteiger partial charge in [-0.1, -0.05) is 30.3 Å². The molecule has 1 amide bonds. The molecule has 0 bridgehead atoms. The number of anilines is 1. The van der Waals surface area contributed by atoms with E-state index in [0.717, 1.165) is 35.7 Å². The lowest BCUT2D eigenvalue weighted by atomic mass is 10.1. The topological polar surface area (TPSA) is 58.2 Å². The molecule has 1 fully saturated rings. The summed E-state index contributed by atoms with van der Waals surface area (Å²) in [7, 11) is 0. The number of carbonyl (C=O) groups excluding carboxylic acids is 1. The van der Waals surface area contributed by atoms with E-state index >= 15 is 0 Å². The van der Waals surface area contributed by atoms with Crippen molar-refractivity contribution in [3.05, 3.63) is 77.5 Å². The number of H-pyrrole nitrogens is 1. The zero-order valence-electron chi connectivity index (χ0n) is 14.6. The van der Waals surface area contributed by atoms with Crippen molar-refractivity contribution in [2.45, 2.75) is 24.9 Å². The number of amides is 1. The van der Waals surface area contributed by atoms with Crippen LogP contribution in [0.3, 0.4) is 0 Å². The molecule has 0 unspecified atom stereocenters. The monoisotopic (exact) mass is 387 g/mol. The smallest absolute Gasteiger partial charge is 0.370 e. The fourth-order valence-electron chi connectivity index (χ4n) is 2.84. The van der Waals surface area contributed by atoms with Crippen LogP contribution in [0.1, 0.15) is 40.4 Å². The fraction of sp³-hybridized carbons (Fsp3) is 0.200. The van der Waals surface area contributed by atoms with E-state index in [1.807, 2.05) is 0 Å². The molecule has 28 heavy (non-hydrogen) atoms. The van der Waals surface area contributed by atoms with Gasteiger partial charge in [0.25, 0.3) is 5.91 Å². The van der Waals surface area contributed by atoms with Crippen LogP contribution in [0.2, 0.25) is 0 Å². The second-order valence-corrected chi connectivity index (χ2v) is 6.50. The van der Waals surface area contributed by atoms with Crippen LogP contribution < -0.4 is 9.90 Å². The number of halogens is 3. The summed E-state index contributed by atoms with van der Waals surface area (Å²) in [6, 6.07) is 14.6. The molecule has 0 spiro atoms. The predicted octanol–water partition coefficient (Wildman–Crippen LogP) is 4.95. The maximum absolute atomic E-state index is 13.4. The lowest BCUT2D eigenvalue weighted by Crippen LogP contribution is -2.36. The highest BCUT2D eigenvalue weighted by molar-refractivity contribution is 6.05. The lowest BCUT2D eigenvalue weighted by Gasteiger charge is -2.21. The van der Waals surface area contributed by atoms with Crippen molar-refractivity contribution in [3.63, 3.8) is 0 Å². The minimum absolute atomic E-state index is 0.104. The normalized spacial score (nSPS) is 14.0. The van der Waals surface area contributed by atoms with Gasteiger partial charge in [-0.25, -0.2) is 0 Å². The van der Waals surface area contributed by atoms with E-state index in [1.54, 1.807) is 36.4 Å². The van der Waals surface area contributed by atoms with Gasteiger partial charge in [0.1, 0.15) is 0 Å². The predicted molar refractivity (Wildman–Crippen MR) is 95.9 cm³/mol. The first-order valence-corrected chi connectivity index (χ1v) is 8.72. The van der Waals surface area contributed by atoms with Crippen LogP contribution >= 0.6 is 0 Å². The number of benzene rings is 2. The molecule has 3 aromatic rings. The SMILES string of the molecule is O=C(c1ccccc1C(F)(F)F)N(Oc1ccccc1)c1cc(C2CC2)[nH]n1. The molecule has 1 aliphatic carbocycles. The van der Waals surface area contributed by atoms with Gasteiger partial charge in [0.15, 0.2) is 11.6 Å². The summed E-state index contributed by atoms with van der Waals surface area (Å²) in [4.78, 5) is 18.7. The third kappa shape index (κ3) is 3.71. The van der Waals surface area contributed by atoms with Crippen LogP contribution in [0, 0.1) is 0 Å². The summed E-state index contributed by atoms with van der Waals surface area (Å²) in [5.74, 6) is -0.216. The Morgan fingerprint density at radius 1 is 1.07 bits per heavy atom. The van der Waals surface area contributed by atoms with Crippen molar-refractivity contribution < 1.29 is 22.8 Å². The standard InChI is InChI=1S/C20H16F3N3O2/c21-20(22,23)16-9-5-4-8-15(16)19(27)26(28-14-6-2-1-3-7-14)18-12-17(24-25-18)13-10-11-13/h1-9,12-13H,10-11H2,(H,24,25). The van der Waals surface area contributed by atoms with Gasteiger partial charge < -0.3 is 4.84 Å². The van der Waals surface area contributed by atoms with E-state index in [2.05, 4.69) is 10.2 Å². The number of para-hydroxylation sites is 1. The van der Waals surface area contributed by atoms with Crippen molar-refractivity contribution in [2.24, 2.45) is 0 Å². The van der Waals surface area contributed by atoms with Crippen molar-refractivity contribution in [2.75, 3.05) is 5.06 Å². The van der Waals surface area contributed by atoms with Gasteiger partial charge >= 0.3 is 6.18 Å². The Balaban J connectivity index is 1.73. The van der Waals surface area contributed by atoms with E-state index < -0.39 is 23.2 Å². The van der Waals surface area contributed by atoms with Gasteiger partial charge in [0.05, 0.1) is 11.1 Å². The molecular formula is C20H16F3N3O2. The van der Waals surface area contributed by atoms with Gasteiger partial charge in [-0.2, -0.15) is 18.3 Å². The Hall–Kier alpha value is -3.29. The highest BCUT2D eigenvalue weighted by Crippen LogP contribution is 2.40. The summed E-state index contributed by atoms with van der Waals surface area (Å²) >= 11 is 0. The van der Waals surface area contributed by atoms with Gasteiger partial charge in [-0.3, -0.25) is 9.89 Å². The molecule has 0 radical (unpaired) electrons. The van der Waals surface area contributed by atoms with Crippen molar-refractivity contribution in [1.29, 1.82) is 0 Å². The number of alkyl halides is 3. The first-order chi connectivity index (χ1) is 13.4. The van der Waals surface area contributed by atoms with Crippen LogP contribution in [-0.4, -0.2) is 16.1 Å². The molecule has 1 saturated carbocycles. The molecule has 4 rings (SSSR count). The number of hydrogen-bond donors (Lipinski definition) is 1. The first-order valence-electron chi connectivity index (χ1n) is 8.72. The minimum Gasteiger partial charge on any atom is -0.370 e. The second-order valence-electron chi connectivity index (χ2n) is 6.50. The summed E-state index contributed by atoms with van der Waals surface area (Å²) < 4.78 is 40.2. The first kappa shape index (κ1) is 18.1. The zero-order valence-corrected chi connectivity index (χ0v) is 14.6. The largest absolute Gasteiger partial charge is 0.417 e. The molecule has 144 valence electrons. The van der Waals surface area contributed by atoms with E-state index in [1.165, 1.54) is 12.1 Å². The number of hydrogen-bond acceptors (Lipinski definition) is 3. The molecule has 8 heteroatoms. The average molecular weight is 387 g/mol. The molecule has 0 saturated heterocycles. The summed E-state index contributed by atoms with van der Waals surface area (Å²) in [6.07, 6.45) is -2.66. The van der Waals surface area contributed by atoms with Crippen molar-refractivity contribution in [3.8, 4) is 5.75 Å². The van der Waals surface area contributed by atoms with Crippen LogP contribution in [-0.2, 0) is 6.18 Å². The average Bonchev–Trinajstić information content (AvgIpc) is 3.43. The van der Waals surface area contributed by atoms with Gasteiger partial charge in [0, 0.05) is 17.7 Å². The molecule has 0 atom stereocenters. The fourth-order valence-corrected chi connectivity index (χ4v) is 2.84.